The highest BCUT2D eigenvalue weighted by Crippen LogP contribution is 2.58. The summed E-state index contributed by atoms with van der Waals surface area (Å²) in [5.41, 5.74) is 18.2. The first-order chi connectivity index (χ1) is 29.8. The molecular formula is C60H48S. The van der Waals surface area contributed by atoms with Gasteiger partial charge in [0.1, 0.15) is 0 Å². The van der Waals surface area contributed by atoms with Crippen LogP contribution < -0.4 is 0 Å². The van der Waals surface area contributed by atoms with Crippen LogP contribution in [0.5, 0.6) is 0 Å². The lowest BCUT2D eigenvalue weighted by Gasteiger charge is -2.29. The number of allylic oxidation sites excluding steroid dienone is 9. The molecule has 1 heteroatoms. The van der Waals surface area contributed by atoms with Gasteiger partial charge in [-0.2, -0.15) is 0 Å². The quantitative estimate of drug-likeness (QED) is 0.156. The zero-order valence-electron chi connectivity index (χ0n) is 35.4. The Morgan fingerprint density at radius 3 is 2.10 bits per heavy atom. The molecule has 7 aromatic carbocycles. The van der Waals surface area contributed by atoms with E-state index < -0.39 is 0 Å². The van der Waals surface area contributed by atoms with E-state index in [0.717, 1.165) is 25.7 Å². The Labute approximate surface area is 363 Å². The summed E-state index contributed by atoms with van der Waals surface area (Å²) < 4.78 is 1.39. The molecule has 1 aromatic heterocycles. The van der Waals surface area contributed by atoms with Gasteiger partial charge in [-0.25, -0.2) is 0 Å². The molecule has 0 amide bonds. The van der Waals surface area contributed by atoms with Gasteiger partial charge in [-0.1, -0.05) is 155 Å². The van der Waals surface area contributed by atoms with E-state index in [2.05, 4.69) is 185 Å². The maximum Gasteiger partial charge on any atom is 0.0352 e. The molecular weight excluding hydrogens is 753 g/mol. The molecule has 0 aliphatic heterocycles. The molecule has 5 aliphatic rings. The Hall–Kier alpha value is -6.02. The van der Waals surface area contributed by atoms with Crippen LogP contribution >= 0.6 is 11.3 Å². The van der Waals surface area contributed by atoms with Crippen LogP contribution in [0.2, 0.25) is 0 Å². The molecule has 8 aromatic rings. The van der Waals surface area contributed by atoms with E-state index in [9.17, 15) is 0 Å². The Morgan fingerprint density at radius 2 is 1.23 bits per heavy atom. The first kappa shape index (κ1) is 35.7. The molecule has 13 rings (SSSR count). The lowest BCUT2D eigenvalue weighted by Crippen LogP contribution is -2.24. The summed E-state index contributed by atoms with van der Waals surface area (Å²) in [6, 6.07) is 43.2. The van der Waals surface area contributed by atoms with E-state index in [1.807, 2.05) is 11.3 Å². The summed E-state index contributed by atoms with van der Waals surface area (Å²) in [6.07, 6.45) is 23.5. The molecule has 0 radical (unpaired) electrons. The second kappa shape index (κ2) is 12.8. The van der Waals surface area contributed by atoms with Crippen LogP contribution in [0.15, 0.2) is 157 Å². The maximum absolute atomic E-state index is 2.61. The molecule has 1 heterocycles. The van der Waals surface area contributed by atoms with Crippen LogP contribution in [-0.2, 0) is 17.3 Å². The maximum atomic E-state index is 2.61. The van der Waals surface area contributed by atoms with Gasteiger partial charge in [0.15, 0.2) is 0 Å². The van der Waals surface area contributed by atoms with E-state index in [4.69, 9.17) is 0 Å². The van der Waals surface area contributed by atoms with Crippen LogP contribution in [0.25, 0.3) is 87.4 Å². The van der Waals surface area contributed by atoms with E-state index >= 15 is 0 Å². The van der Waals surface area contributed by atoms with Gasteiger partial charge < -0.3 is 0 Å². The van der Waals surface area contributed by atoms with Crippen molar-refractivity contribution in [1.82, 2.24) is 0 Å². The van der Waals surface area contributed by atoms with Crippen LogP contribution in [0.4, 0.5) is 0 Å². The smallest absolute Gasteiger partial charge is 0.0352 e. The Kier molecular flexibility index (Phi) is 7.47. The highest BCUT2D eigenvalue weighted by molar-refractivity contribution is 7.19. The van der Waals surface area contributed by atoms with Gasteiger partial charge in [0.2, 0.25) is 0 Å². The van der Waals surface area contributed by atoms with Crippen molar-refractivity contribution in [3.63, 3.8) is 0 Å². The fourth-order valence-corrected chi connectivity index (χ4v) is 13.7. The Balaban J connectivity index is 1.12. The van der Waals surface area contributed by atoms with Gasteiger partial charge in [0.05, 0.1) is 0 Å². The summed E-state index contributed by atoms with van der Waals surface area (Å²) in [7, 11) is 0. The molecule has 0 bridgehead atoms. The molecule has 2 atom stereocenters. The molecule has 0 saturated heterocycles. The molecule has 294 valence electrons. The van der Waals surface area contributed by atoms with Gasteiger partial charge in [-0.3, -0.25) is 0 Å². The summed E-state index contributed by atoms with van der Waals surface area (Å²) in [5, 5.41) is 9.36. The molecule has 0 N–H and O–H groups in total. The second-order valence-electron chi connectivity index (χ2n) is 19.3. The van der Waals surface area contributed by atoms with Crippen molar-refractivity contribution in [1.29, 1.82) is 0 Å². The van der Waals surface area contributed by atoms with Crippen LogP contribution in [0, 0.1) is 5.92 Å². The third-order valence-electron chi connectivity index (χ3n) is 15.5. The molecule has 0 fully saturated rings. The zero-order chi connectivity index (χ0) is 40.8. The van der Waals surface area contributed by atoms with Crippen LogP contribution in [-0.4, -0.2) is 0 Å². The monoisotopic (exact) mass is 800 g/mol. The van der Waals surface area contributed by atoms with Crippen molar-refractivity contribution in [2.75, 3.05) is 0 Å². The fraction of sp³-hybridized carbons (Fsp3) is 0.200. The summed E-state index contributed by atoms with van der Waals surface area (Å²) >= 11 is 1.98. The minimum Gasteiger partial charge on any atom is -0.140 e. The van der Waals surface area contributed by atoms with E-state index in [1.165, 1.54) is 114 Å². The minimum atomic E-state index is -0.0185. The molecule has 0 nitrogen and oxygen atoms in total. The number of aryl methyl sites for hydroxylation is 1. The molecule has 0 spiro atoms. The number of benzene rings is 7. The van der Waals surface area contributed by atoms with Gasteiger partial charge in [0, 0.05) is 26.3 Å². The Bertz CT molecular complexity index is 3420. The predicted molar refractivity (Wildman–Crippen MR) is 264 cm³/mol. The lowest BCUT2D eigenvalue weighted by atomic mass is 9.74. The minimum absolute atomic E-state index is 0.0140. The zero-order valence-corrected chi connectivity index (χ0v) is 36.2. The molecule has 2 unspecified atom stereocenters. The van der Waals surface area contributed by atoms with E-state index in [-0.39, 0.29) is 10.8 Å². The average Bonchev–Trinajstić information content (AvgIpc) is 3.87. The van der Waals surface area contributed by atoms with Gasteiger partial charge in [-0.05, 0) is 172 Å². The highest BCUT2D eigenvalue weighted by atomic mass is 32.1. The predicted octanol–water partition coefficient (Wildman–Crippen LogP) is 16.8. The third kappa shape index (κ3) is 4.93. The van der Waals surface area contributed by atoms with Crippen LogP contribution in [0.3, 0.4) is 0 Å². The van der Waals surface area contributed by atoms with E-state index in [0.29, 0.717) is 11.8 Å². The number of fused-ring (bicyclic) bond motifs is 12. The van der Waals surface area contributed by atoms with Crippen molar-refractivity contribution < 1.29 is 0 Å². The SMILES string of the molecule is CC1(C)C2=C(CCC=C2)c2ccc(-c3ccc4c(-c5ccc6sc7c(c6c5)C=CCC7)c5ccccc5c(-c5cc6c(c7ccccc57)C5C=CC=CC5C6(C)C)c4c3)cc21. The second-order valence-corrected chi connectivity index (χ2v) is 20.5. The number of hydrogen-bond acceptors (Lipinski definition) is 1. The van der Waals surface area contributed by atoms with Gasteiger partial charge in [0.25, 0.3) is 0 Å². The van der Waals surface area contributed by atoms with E-state index in [1.54, 1.807) is 5.57 Å². The van der Waals surface area contributed by atoms with Gasteiger partial charge in [-0.15, -0.1) is 11.3 Å². The molecule has 5 aliphatic carbocycles. The first-order valence-electron chi connectivity index (χ1n) is 22.4. The van der Waals surface area contributed by atoms with Crippen LogP contribution in [0.1, 0.15) is 85.6 Å². The number of hydrogen-bond donors (Lipinski definition) is 0. The van der Waals surface area contributed by atoms with Crippen molar-refractivity contribution >= 4 is 65.4 Å². The average molecular weight is 801 g/mol. The molecule has 0 saturated carbocycles. The summed E-state index contributed by atoms with van der Waals surface area (Å²) in [5.74, 6) is 0.810. The third-order valence-corrected chi connectivity index (χ3v) is 16.7. The normalized spacial score (nSPS) is 20.1. The van der Waals surface area contributed by atoms with Gasteiger partial charge >= 0.3 is 0 Å². The van der Waals surface area contributed by atoms with Crippen molar-refractivity contribution in [2.24, 2.45) is 5.92 Å². The lowest BCUT2D eigenvalue weighted by molar-refractivity contribution is 0.394. The molecule has 61 heavy (non-hydrogen) atoms. The largest absolute Gasteiger partial charge is 0.140 e. The Morgan fingerprint density at radius 1 is 0.541 bits per heavy atom. The van der Waals surface area contributed by atoms with Crippen molar-refractivity contribution in [2.45, 2.75) is 70.1 Å². The van der Waals surface area contributed by atoms with Crippen molar-refractivity contribution in [3.05, 3.63) is 190 Å². The fourth-order valence-electron chi connectivity index (χ4n) is 12.5. The summed E-state index contributed by atoms with van der Waals surface area (Å²) in [4.78, 5) is 1.52. The number of thiophene rings is 1. The highest BCUT2D eigenvalue weighted by Gasteiger charge is 2.46. The van der Waals surface area contributed by atoms with Crippen molar-refractivity contribution in [3.8, 4) is 33.4 Å². The number of rotatable bonds is 3. The summed E-state index contributed by atoms with van der Waals surface area (Å²) in [6.45, 7) is 9.79. The standard InChI is InChI=1S/C60H48S/c1-59(2)50-22-12-9-16-39(50)40-28-25-36(33-52(40)59)35-26-29-45-48(31-35)57(49-34-53-58(42-18-6-5-15-38(42)49)46-21-10-13-23-51(46)60(53,3)4)44-20-8-7-19-43(44)56(45)37-27-30-55-47(32-37)41-17-11-14-24-54(41)61-55/h5-8,10-13,15,17-23,25-34,46,51H,9,14,16,24H2,1-4H3. The topological polar surface area (TPSA) is 0 Å². The first-order valence-corrected chi connectivity index (χ1v) is 23.3.